The highest BCUT2D eigenvalue weighted by molar-refractivity contribution is 9.10. The predicted octanol–water partition coefficient (Wildman–Crippen LogP) is 3.64. The van der Waals surface area contributed by atoms with Crippen molar-refractivity contribution in [3.63, 3.8) is 0 Å². The number of anilines is 1. The minimum Gasteiger partial charge on any atom is -0.282 e. The van der Waals surface area contributed by atoms with Crippen LogP contribution in [0.2, 0.25) is 5.02 Å². The molecule has 0 saturated carbocycles. The van der Waals surface area contributed by atoms with Gasteiger partial charge in [0.15, 0.2) is 0 Å². The smallest absolute Gasteiger partial charge is 0.232 e. The Balaban J connectivity index is 2.80. The van der Waals surface area contributed by atoms with Gasteiger partial charge >= 0.3 is 0 Å². The number of hydrogen-bond acceptors (Lipinski definition) is 2. The van der Waals surface area contributed by atoms with Crippen molar-refractivity contribution in [2.45, 2.75) is 19.8 Å². The third kappa shape index (κ3) is 4.31. The number of nitrogens with one attached hydrogen (secondary N) is 1. The van der Waals surface area contributed by atoms with Crippen LogP contribution in [0, 0.1) is 0 Å². The Bertz CT molecular complexity index is 462. The summed E-state index contributed by atoms with van der Waals surface area (Å²) in [5.41, 5.74) is 0.418. The van der Waals surface area contributed by atoms with Gasteiger partial charge in [-0.25, -0.2) is 8.42 Å². The summed E-state index contributed by atoms with van der Waals surface area (Å²) in [7, 11) is -3.28. The molecule has 0 fully saturated rings. The van der Waals surface area contributed by atoms with Gasteiger partial charge in [0.05, 0.1) is 16.5 Å². The summed E-state index contributed by atoms with van der Waals surface area (Å²) < 4.78 is 26.5. The van der Waals surface area contributed by atoms with Crippen LogP contribution in [-0.2, 0) is 10.0 Å². The van der Waals surface area contributed by atoms with Crippen LogP contribution in [0.3, 0.4) is 0 Å². The predicted molar refractivity (Wildman–Crippen MR) is 71.5 cm³/mol. The average molecular weight is 327 g/mol. The topological polar surface area (TPSA) is 46.2 Å². The lowest BCUT2D eigenvalue weighted by atomic mass is 10.3. The Labute approximate surface area is 109 Å². The van der Waals surface area contributed by atoms with Gasteiger partial charge in [0.2, 0.25) is 10.0 Å². The summed E-state index contributed by atoms with van der Waals surface area (Å²) in [6.45, 7) is 1.95. The van der Waals surface area contributed by atoms with E-state index < -0.39 is 10.0 Å². The Morgan fingerprint density at radius 3 is 2.69 bits per heavy atom. The Morgan fingerprint density at radius 2 is 2.12 bits per heavy atom. The third-order valence-corrected chi connectivity index (χ3v) is 4.13. The van der Waals surface area contributed by atoms with Crippen molar-refractivity contribution in [2.75, 3.05) is 10.5 Å². The zero-order valence-corrected chi connectivity index (χ0v) is 12.0. The van der Waals surface area contributed by atoms with E-state index in [0.717, 1.165) is 10.9 Å². The lowest BCUT2D eigenvalue weighted by molar-refractivity contribution is 0.598. The summed E-state index contributed by atoms with van der Waals surface area (Å²) in [6.07, 6.45) is 1.48. The van der Waals surface area contributed by atoms with E-state index in [4.69, 9.17) is 11.6 Å². The van der Waals surface area contributed by atoms with Crippen molar-refractivity contribution in [3.05, 3.63) is 27.7 Å². The second-order valence-electron chi connectivity index (χ2n) is 3.40. The van der Waals surface area contributed by atoms with Crippen LogP contribution in [0.15, 0.2) is 22.7 Å². The molecule has 0 aromatic heterocycles. The maximum absolute atomic E-state index is 11.6. The van der Waals surface area contributed by atoms with Crippen molar-refractivity contribution in [1.29, 1.82) is 0 Å². The van der Waals surface area contributed by atoms with E-state index in [0.29, 0.717) is 17.1 Å². The first kappa shape index (κ1) is 13.8. The SMILES string of the molecule is CCCCS(=O)(=O)Nc1ccc(Br)cc1Cl. The standard InChI is InChI=1S/C10H13BrClNO2S/c1-2-3-6-16(14,15)13-10-5-4-8(11)7-9(10)12/h4-5,7,13H,2-3,6H2,1H3. The maximum Gasteiger partial charge on any atom is 0.232 e. The molecule has 90 valence electrons. The number of rotatable bonds is 5. The van der Waals surface area contributed by atoms with E-state index in [1.54, 1.807) is 18.2 Å². The van der Waals surface area contributed by atoms with Gasteiger partial charge in [0.25, 0.3) is 0 Å². The van der Waals surface area contributed by atoms with E-state index in [9.17, 15) is 8.42 Å². The van der Waals surface area contributed by atoms with Gasteiger partial charge in [-0.2, -0.15) is 0 Å². The van der Waals surface area contributed by atoms with Crippen LogP contribution >= 0.6 is 27.5 Å². The molecule has 0 spiro atoms. The highest BCUT2D eigenvalue weighted by Crippen LogP contribution is 2.26. The normalized spacial score (nSPS) is 11.4. The van der Waals surface area contributed by atoms with E-state index >= 15 is 0 Å². The van der Waals surface area contributed by atoms with Crippen molar-refractivity contribution in [3.8, 4) is 0 Å². The fourth-order valence-corrected chi connectivity index (χ4v) is 3.19. The maximum atomic E-state index is 11.6. The zero-order valence-electron chi connectivity index (χ0n) is 8.83. The summed E-state index contributed by atoms with van der Waals surface area (Å²) in [5, 5.41) is 0.384. The fraction of sp³-hybridized carbons (Fsp3) is 0.400. The first-order chi connectivity index (χ1) is 7.44. The van der Waals surface area contributed by atoms with Gasteiger partial charge in [-0.05, 0) is 24.6 Å². The van der Waals surface area contributed by atoms with Crippen molar-refractivity contribution < 1.29 is 8.42 Å². The largest absolute Gasteiger partial charge is 0.282 e. The van der Waals surface area contributed by atoms with E-state index in [2.05, 4.69) is 20.7 Å². The molecule has 16 heavy (non-hydrogen) atoms. The number of unbranched alkanes of at least 4 members (excludes halogenated alkanes) is 1. The molecule has 0 amide bonds. The molecule has 1 rings (SSSR count). The molecule has 0 unspecified atom stereocenters. The zero-order chi connectivity index (χ0) is 12.2. The second kappa shape index (κ2) is 5.89. The van der Waals surface area contributed by atoms with Crippen molar-refractivity contribution in [2.24, 2.45) is 0 Å². The van der Waals surface area contributed by atoms with Gasteiger partial charge in [-0.1, -0.05) is 40.9 Å². The van der Waals surface area contributed by atoms with Crippen LogP contribution in [-0.4, -0.2) is 14.2 Å². The first-order valence-electron chi connectivity index (χ1n) is 4.90. The lowest BCUT2D eigenvalue weighted by Crippen LogP contribution is -2.16. The molecule has 1 N–H and O–H groups in total. The molecule has 3 nitrogen and oxygen atoms in total. The van der Waals surface area contributed by atoms with Crippen molar-refractivity contribution >= 4 is 43.2 Å². The number of hydrogen-bond donors (Lipinski definition) is 1. The molecular weight excluding hydrogens is 314 g/mol. The summed E-state index contributed by atoms with van der Waals surface area (Å²) in [6, 6.07) is 5.03. The molecule has 0 saturated heterocycles. The van der Waals surface area contributed by atoms with Gasteiger partial charge in [0, 0.05) is 4.47 Å². The lowest BCUT2D eigenvalue weighted by Gasteiger charge is -2.09. The van der Waals surface area contributed by atoms with Crippen LogP contribution < -0.4 is 4.72 Å². The molecular formula is C10H13BrClNO2S. The average Bonchev–Trinajstić information content (AvgIpc) is 2.19. The van der Waals surface area contributed by atoms with Gasteiger partial charge in [0.1, 0.15) is 0 Å². The quantitative estimate of drug-likeness (QED) is 0.898. The van der Waals surface area contributed by atoms with Crippen LogP contribution in [0.25, 0.3) is 0 Å². The molecule has 0 atom stereocenters. The molecule has 1 aromatic carbocycles. The molecule has 1 aromatic rings. The second-order valence-corrected chi connectivity index (χ2v) is 6.56. The van der Waals surface area contributed by atoms with Crippen molar-refractivity contribution in [1.82, 2.24) is 0 Å². The van der Waals surface area contributed by atoms with Crippen LogP contribution in [0.4, 0.5) is 5.69 Å². The number of sulfonamides is 1. The molecule has 0 aliphatic carbocycles. The highest BCUT2D eigenvalue weighted by Gasteiger charge is 2.11. The Hall–Kier alpha value is -0.260. The molecule has 0 aliphatic heterocycles. The molecule has 0 heterocycles. The monoisotopic (exact) mass is 325 g/mol. The summed E-state index contributed by atoms with van der Waals surface area (Å²) in [4.78, 5) is 0. The molecule has 0 bridgehead atoms. The first-order valence-corrected chi connectivity index (χ1v) is 7.72. The van der Waals surface area contributed by atoms with Crippen LogP contribution in [0.5, 0.6) is 0 Å². The minimum absolute atomic E-state index is 0.121. The molecule has 0 aliphatic rings. The number of benzene rings is 1. The third-order valence-electron chi connectivity index (χ3n) is 1.96. The van der Waals surface area contributed by atoms with E-state index in [-0.39, 0.29) is 5.75 Å². The Kier molecular flexibility index (Phi) is 5.08. The number of halogens is 2. The fourth-order valence-electron chi connectivity index (χ4n) is 1.13. The van der Waals surface area contributed by atoms with Gasteiger partial charge in [-0.15, -0.1) is 0 Å². The van der Waals surface area contributed by atoms with E-state index in [1.807, 2.05) is 6.92 Å². The van der Waals surface area contributed by atoms with Gasteiger partial charge < -0.3 is 0 Å². The van der Waals surface area contributed by atoms with E-state index in [1.165, 1.54) is 0 Å². The highest BCUT2D eigenvalue weighted by atomic mass is 79.9. The van der Waals surface area contributed by atoms with Crippen LogP contribution in [0.1, 0.15) is 19.8 Å². The summed E-state index contributed by atoms with van der Waals surface area (Å²) >= 11 is 9.17. The minimum atomic E-state index is -3.28. The summed E-state index contributed by atoms with van der Waals surface area (Å²) in [5.74, 6) is 0.121. The molecule has 0 radical (unpaired) electrons. The van der Waals surface area contributed by atoms with Gasteiger partial charge in [-0.3, -0.25) is 4.72 Å². The molecule has 6 heteroatoms. The Morgan fingerprint density at radius 1 is 1.44 bits per heavy atom.